The van der Waals surface area contributed by atoms with E-state index < -0.39 is 18.0 Å². The van der Waals surface area contributed by atoms with E-state index in [9.17, 15) is 13.6 Å². The number of aromatic nitrogens is 1. The molecule has 0 saturated heterocycles. The van der Waals surface area contributed by atoms with Crippen LogP contribution in [0.3, 0.4) is 0 Å². The number of primary amides is 1. The maximum absolute atomic E-state index is 12.3. The topological polar surface area (TPSA) is 56.0 Å². The van der Waals surface area contributed by atoms with Crippen LogP contribution in [0, 0.1) is 0 Å². The number of alkyl halides is 2. The molecule has 0 saturated carbocycles. The van der Waals surface area contributed by atoms with Gasteiger partial charge in [0.25, 0.3) is 12.3 Å². The van der Waals surface area contributed by atoms with Crippen molar-refractivity contribution in [1.82, 2.24) is 4.98 Å². The Morgan fingerprint density at radius 2 is 2.31 bits per heavy atom. The summed E-state index contributed by atoms with van der Waals surface area (Å²) in [5, 5.41) is 0.504. The van der Waals surface area contributed by atoms with E-state index in [0.717, 1.165) is 11.3 Å². The maximum atomic E-state index is 12.3. The normalized spacial score (nSPS) is 10.8. The van der Waals surface area contributed by atoms with E-state index in [1.54, 1.807) is 6.92 Å². The number of nitrogens with two attached hydrogens (primary N) is 1. The van der Waals surface area contributed by atoms with Crippen molar-refractivity contribution in [2.45, 2.75) is 19.8 Å². The second kappa shape index (κ2) is 3.78. The van der Waals surface area contributed by atoms with Gasteiger partial charge in [0.2, 0.25) is 0 Å². The third kappa shape index (κ3) is 2.00. The molecule has 0 aliphatic carbocycles. The molecule has 0 aromatic carbocycles. The van der Waals surface area contributed by atoms with Gasteiger partial charge in [0, 0.05) is 0 Å². The first-order valence-electron chi connectivity index (χ1n) is 3.63. The average molecular weight is 206 g/mol. The molecule has 0 aliphatic rings. The highest BCUT2D eigenvalue weighted by atomic mass is 32.1. The molecule has 0 spiro atoms. The molecule has 3 nitrogen and oxygen atoms in total. The first-order valence-corrected chi connectivity index (χ1v) is 4.45. The number of halogens is 2. The Balaban J connectivity index is 3.15. The zero-order valence-electron chi connectivity index (χ0n) is 6.88. The molecule has 6 heteroatoms. The fraction of sp³-hybridized carbons (Fsp3) is 0.429. The SMILES string of the molecule is CCc1nc(C(F)F)c(C(N)=O)s1. The van der Waals surface area contributed by atoms with E-state index in [0.29, 0.717) is 11.4 Å². The monoisotopic (exact) mass is 206 g/mol. The summed E-state index contributed by atoms with van der Waals surface area (Å²) in [7, 11) is 0. The van der Waals surface area contributed by atoms with Gasteiger partial charge in [-0.05, 0) is 6.42 Å². The molecule has 0 aliphatic heterocycles. The summed E-state index contributed by atoms with van der Waals surface area (Å²) >= 11 is 0.930. The number of aryl methyl sites for hydroxylation is 1. The van der Waals surface area contributed by atoms with Crippen molar-refractivity contribution >= 4 is 17.2 Å². The lowest BCUT2D eigenvalue weighted by Gasteiger charge is -1.94. The van der Waals surface area contributed by atoms with Gasteiger partial charge in [-0.25, -0.2) is 13.8 Å². The van der Waals surface area contributed by atoms with E-state index in [2.05, 4.69) is 4.98 Å². The molecule has 0 fully saturated rings. The Hall–Kier alpha value is -1.04. The second-order valence-electron chi connectivity index (χ2n) is 2.34. The van der Waals surface area contributed by atoms with Crippen molar-refractivity contribution < 1.29 is 13.6 Å². The van der Waals surface area contributed by atoms with Crippen molar-refractivity contribution in [2.24, 2.45) is 5.73 Å². The number of thiazole rings is 1. The highest BCUT2D eigenvalue weighted by Gasteiger charge is 2.21. The molecular weight excluding hydrogens is 198 g/mol. The molecule has 0 unspecified atom stereocenters. The van der Waals surface area contributed by atoms with Crippen molar-refractivity contribution in [3.05, 3.63) is 15.6 Å². The van der Waals surface area contributed by atoms with Crippen LogP contribution >= 0.6 is 11.3 Å². The van der Waals surface area contributed by atoms with Crippen LogP contribution in [-0.4, -0.2) is 10.9 Å². The largest absolute Gasteiger partial charge is 0.365 e. The third-order valence-electron chi connectivity index (χ3n) is 1.43. The number of amides is 1. The lowest BCUT2D eigenvalue weighted by atomic mass is 10.3. The lowest BCUT2D eigenvalue weighted by molar-refractivity contribution is 0.0989. The quantitative estimate of drug-likeness (QED) is 0.818. The van der Waals surface area contributed by atoms with Gasteiger partial charge >= 0.3 is 0 Å². The summed E-state index contributed by atoms with van der Waals surface area (Å²) in [5.41, 5.74) is 4.43. The molecule has 1 aromatic heterocycles. The Labute approximate surface area is 77.6 Å². The fourth-order valence-electron chi connectivity index (χ4n) is 0.854. The molecule has 0 radical (unpaired) electrons. The summed E-state index contributed by atoms with van der Waals surface area (Å²) in [4.78, 5) is 14.2. The molecule has 1 heterocycles. The third-order valence-corrected chi connectivity index (χ3v) is 2.66. The molecule has 1 amide bonds. The van der Waals surface area contributed by atoms with Gasteiger partial charge in [-0.3, -0.25) is 4.79 Å². The molecular formula is C7H8F2N2OS. The number of rotatable bonds is 3. The van der Waals surface area contributed by atoms with Gasteiger partial charge in [0.15, 0.2) is 0 Å². The molecule has 72 valence electrons. The van der Waals surface area contributed by atoms with Crippen LogP contribution in [0.5, 0.6) is 0 Å². The number of carbonyl (C=O) groups is 1. The minimum Gasteiger partial charge on any atom is -0.365 e. The molecule has 0 atom stereocenters. The van der Waals surface area contributed by atoms with E-state index in [-0.39, 0.29) is 4.88 Å². The summed E-state index contributed by atoms with van der Waals surface area (Å²) in [6.45, 7) is 1.78. The zero-order chi connectivity index (χ0) is 10.0. The first kappa shape index (κ1) is 10.0. The Morgan fingerprint density at radius 3 is 2.62 bits per heavy atom. The van der Waals surface area contributed by atoms with Gasteiger partial charge in [-0.2, -0.15) is 0 Å². The van der Waals surface area contributed by atoms with Crippen LogP contribution in [0.25, 0.3) is 0 Å². The van der Waals surface area contributed by atoms with Gasteiger partial charge in [0.05, 0.1) is 5.01 Å². The van der Waals surface area contributed by atoms with Crippen molar-refractivity contribution in [3.8, 4) is 0 Å². The van der Waals surface area contributed by atoms with E-state index in [1.165, 1.54) is 0 Å². The molecule has 2 N–H and O–H groups in total. The molecule has 0 bridgehead atoms. The van der Waals surface area contributed by atoms with Crippen molar-refractivity contribution in [2.75, 3.05) is 0 Å². The smallest absolute Gasteiger partial charge is 0.282 e. The van der Waals surface area contributed by atoms with Crippen LogP contribution < -0.4 is 5.73 Å². The van der Waals surface area contributed by atoms with Gasteiger partial charge in [-0.1, -0.05) is 6.92 Å². The van der Waals surface area contributed by atoms with Crippen molar-refractivity contribution in [3.63, 3.8) is 0 Å². The molecule has 1 aromatic rings. The Bertz CT molecular complexity index is 324. The summed E-state index contributed by atoms with van der Waals surface area (Å²) in [6.07, 6.45) is -2.21. The minimum atomic E-state index is -2.74. The average Bonchev–Trinajstić information content (AvgIpc) is 2.47. The number of hydrogen-bond donors (Lipinski definition) is 1. The predicted molar refractivity (Wildman–Crippen MR) is 45.0 cm³/mol. The van der Waals surface area contributed by atoms with Gasteiger partial charge in [-0.15, -0.1) is 11.3 Å². The summed E-state index contributed by atoms with van der Waals surface area (Å²) in [6, 6.07) is 0. The summed E-state index contributed by atoms with van der Waals surface area (Å²) in [5.74, 6) is -0.840. The van der Waals surface area contributed by atoms with E-state index in [1.807, 2.05) is 0 Å². The molecule has 1 rings (SSSR count). The van der Waals surface area contributed by atoms with Crippen LogP contribution in [0.4, 0.5) is 8.78 Å². The predicted octanol–water partition coefficient (Wildman–Crippen LogP) is 1.74. The second-order valence-corrected chi connectivity index (χ2v) is 3.42. The van der Waals surface area contributed by atoms with Crippen LogP contribution in [0.15, 0.2) is 0 Å². The van der Waals surface area contributed by atoms with Gasteiger partial charge in [0.1, 0.15) is 10.6 Å². The standard InChI is InChI=1S/C7H8F2N2OS/c1-2-3-11-4(6(8)9)5(13-3)7(10)12/h6H,2H2,1H3,(H2,10,12). The summed E-state index contributed by atoms with van der Waals surface area (Å²) < 4.78 is 24.5. The lowest BCUT2D eigenvalue weighted by Crippen LogP contribution is -2.11. The van der Waals surface area contributed by atoms with E-state index in [4.69, 9.17) is 5.73 Å². The highest BCUT2D eigenvalue weighted by Crippen LogP contribution is 2.27. The number of carbonyl (C=O) groups excluding carboxylic acids is 1. The van der Waals surface area contributed by atoms with Crippen LogP contribution in [0.1, 0.15) is 33.7 Å². The van der Waals surface area contributed by atoms with E-state index >= 15 is 0 Å². The molecule has 13 heavy (non-hydrogen) atoms. The first-order chi connectivity index (χ1) is 6.06. The highest BCUT2D eigenvalue weighted by molar-refractivity contribution is 7.13. The zero-order valence-corrected chi connectivity index (χ0v) is 7.70. The number of hydrogen-bond acceptors (Lipinski definition) is 3. The van der Waals surface area contributed by atoms with Crippen LogP contribution in [-0.2, 0) is 6.42 Å². The Morgan fingerprint density at radius 1 is 1.69 bits per heavy atom. The van der Waals surface area contributed by atoms with Gasteiger partial charge < -0.3 is 5.73 Å². The maximum Gasteiger partial charge on any atom is 0.282 e. The fourth-order valence-corrected chi connectivity index (χ4v) is 1.72. The van der Waals surface area contributed by atoms with Crippen molar-refractivity contribution in [1.29, 1.82) is 0 Å². The van der Waals surface area contributed by atoms with Crippen LogP contribution in [0.2, 0.25) is 0 Å². The Kier molecular flexibility index (Phi) is 2.92. The minimum absolute atomic E-state index is 0.133. The number of nitrogens with zero attached hydrogens (tertiary/aromatic N) is 1.